The van der Waals surface area contributed by atoms with Crippen LogP contribution in [0.4, 0.5) is 0 Å². The molecular weight excluding hydrogens is 158 g/mol. The molecular formula is C8H13NO3. The van der Waals surface area contributed by atoms with E-state index in [0.29, 0.717) is 18.9 Å². The van der Waals surface area contributed by atoms with Gasteiger partial charge in [-0.1, -0.05) is 0 Å². The molecule has 68 valence electrons. The summed E-state index contributed by atoms with van der Waals surface area (Å²) in [4.78, 5) is 16.3. The molecule has 1 aliphatic heterocycles. The largest absolute Gasteiger partial charge is 0.389 e. The van der Waals surface area contributed by atoms with Crippen molar-refractivity contribution < 1.29 is 14.7 Å². The average Bonchev–Trinajstić information content (AvgIpc) is 2.72. The van der Waals surface area contributed by atoms with Gasteiger partial charge in [0.15, 0.2) is 0 Å². The van der Waals surface area contributed by atoms with Gasteiger partial charge in [-0.15, -0.1) is 0 Å². The maximum absolute atomic E-state index is 11.3. The highest BCUT2D eigenvalue weighted by Crippen LogP contribution is 2.33. The summed E-state index contributed by atoms with van der Waals surface area (Å²) >= 11 is 0. The predicted octanol–water partition coefficient (Wildman–Crippen LogP) is -0.0788. The summed E-state index contributed by atoms with van der Waals surface area (Å²) in [6.45, 7) is 0.599. The van der Waals surface area contributed by atoms with E-state index in [0.717, 1.165) is 0 Å². The van der Waals surface area contributed by atoms with E-state index < -0.39 is 6.10 Å². The fourth-order valence-electron chi connectivity index (χ4n) is 1.32. The zero-order chi connectivity index (χ0) is 8.55. The van der Waals surface area contributed by atoms with Gasteiger partial charge in [0, 0.05) is 6.42 Å². The van der Waals surface area contributed by atoms with E-state index in [9.17, 15) is 4.79 Å². The first-order valence-corrected chi connectivity index (χ1v) is 4.37. The minimum atomic E-state index is -0.492. The first-order chi connectivity index (χ1) is 5.75. The highest BCUT2D eigenvalue weighted by Gasteiger charge is 2.31. The van der Waals surface area contributed by atoms with Gasteiger partial charge in [0.2, 0.25) is 5.91 Å². The number of amides is 1. The van der Waals surface area contributed by atoms with Gasteiger partial charge in [0.05, 0.1) is 12.6 Å². The maximum Gasteiger partial charge on any atom is 0.246 e. The van der Waals surface area contributed by atoms with Gasteiger partial charge in [-0.3, -0.25) is 9.63 Å². The van der Waals surface area contributed by atoms with E-state index in [2.05, 4.69) is 0 Å². The number of carbonyl (C=O) groups is 1. The Labute approximate surface area is 71.1 Å². The number of carbonyl (C=O) groups excluding carboxylic acids is 1. The molecule has 2 rings (SSSR count). The second-order valence-electron chi connectivity index (χ2n) is 3.55. The van der Waals surface area contributed by atoms with Crippen LogP contribution in [0.15, 0.2) is 0 Å². The van der Waals surface area contributed by atoms with Gasteiger partial charge in [0.1, 0.15) is 6.61 Å². The van der Waals surface area contributed by atoms with Gasteiger partial charge < -0.3 is 5.11 Å². The van der Waals surface area contributed by atoms with Crippen molar-refractivity contribution >= 4 is 5.91 Å². The van der Waals surface area contributed by atoms with Gasteiger partial charge >= 0.3 is 0 Å². The monoisotopic (exact) mass is 171 g/mol. The standard InChI is InChI=1S/C8H13NO3/c10-7-4-9(12-5-7)8(11)3-6-1-2-6/h6-7,10H,1-5H2/t7-/m0/s1. The summed E-state index contributed by atoms with van der Waals surface area (Å²) in [6, 6.07) is 0. The first-order valence-electron chi connectivity index (χ1n) is 4.37. The number of aliphatic hydroxyl groups excluding tert-OH is 1. The Morgan fingerprint density at radius 2 is 2.33 bits per heavy atom. The molecule has 1 aliphatic carbocycles. The third-order valence-corrected chi connectivity index (χ3v) is 2.24. The molecule has 1 amide bonds. The molecule has 0 aromatic heterocycles. The predicted molar refractivity (Wildman–Crippen MR) is 41.0 cm³/mol. The Kier molecular flexibility index (Phi) is 2.02. The molecule has 0 aromatic carbocycles. The minimum Gasteiger partial charge on any atom is -0.389 e. The molecule has 0 bridgehead atoms. The molecule has 12 heavy (non-hydrogen) atoms. The van der Waals surface area contributed by atoms with E-state index in [1.54, 1.807) is 0 Å². The normalized spacial score (nSPS) is 29.4. The first kappa shape index (κ1) is 8.01. The van der Waals surface area contributed by atoms with Crippen LogP contribution >= 0.6 is 0 Å². The lowest BCUT2D eigenvalue weighted by atomic mass is 10.3. The molecule has 0 radical (unpaired) electrons. The van der Waals surface area contributed by atoms with Crippen LogP contribution in [0.1, 0.15) is 19.3 Å². The van der Waals surface area contributed by atoms with E-state index in [4.69, 9.17) is 9.94 Å². The van der Waals surface area contributed by atoms with Gasteiger partial charge in [-0.25, -0.2) is 5.06 Å². The number of aliphatic hydroxyl groups is 1. The second kappa shape index (κ2) is 3.03. The van der Waals surface area contributed by atoms with Crippen molar-refractivity contribution in [2.24, 2.45) is 5.92 Å². The van der Waals surface area contributed by atoms with Crippen molar-refractivity contribution in [3.8, 4) is 0 Å². The number of nitrogens with zero attached hydrogens (tertiary/aromatic N) is 1. The number of hydroxylamine groups is 2. The van der Waals surface area contributed by atoms with Crippen molar-refractivity contribution in [2.45, 2.75) is 25.4 Å². The molecule has 4 nitrogen and oxygen atoms in total. The maximum atomic E-state index is 11.3. The number of hydrogen-bond acceptors (Lipinski definition) is 3. The van der Waals surface area contributed by atoms with Crippen molar-refractivity contribution in [3.63, 3.8) is 0 Å². The summed E-state index contributed by atoms with van der Waals surface area (Å²) in [6.07, 6.45) is 2.44. The summed E-state index contributed by atoms with van der Waals surface area (Å²) < 4.78 is 0. The van der Waals surface area contributed by atoms with E-state index in [1.807, 2.05) is 0 Å². The Morgan fingerprint density at radius 1 is 1.58 bits per heavy atom. The summed E-state index contributed by atoms with van der Waals surface area (Å²) in [5, 5.41) is 10.4. The molecule has 2 fully saturated rings. The van der Waals surface area contributed by atoms with Crippen molar-refractivity contribution in [1.82, 2.24) is 5.06 Å². The number of hydrogen-bond donors (Lipinski definition) is 1. The smallest absolute Gasteiger partial charge is 0.246 e. The van der Waals surface area contributed by atoms with Crippen molar-refractivity contribution in [3.05, 3.63) is 0 Å². The zero-order valence-corrected chi connectivity index (χ0v) is 6.90. The Bertz CT molecular complexity index is 191. The van der Waals surface area contributed by atoms with Crippen LogP contribution < -0.4 is 0 Å². The second-order valence-corrected chi connectivity index (χ2v) is 3.55. The van der Waals surface area contributed by atoms with Crippen LogP contribution in [-0.4, -0.2) is 35.3 Å². The molecule has 1 heterocycles. The van der Waals surface area contributed by atoms with Crippen LogP contribution in [0.5, 0.6) is 0 Å². The van der Waals surface area contributed by atoms with E-state index >= 15 is 0 Å². The van der Waals surface area contributed by atoms with Crippen LogP contribution in [0.2, 0.25) is 0 Å². The van der Waals surface area contributed by atoms with Crippen molar-refractivity contribution in [1.29, 1.82) is 0 Å². The lowest BCUT2D eigenvalue weighted by molar-refractivity contribution is -0.169. The average molecular weight is 171 g/mol. The highest BCUT2D eigenvalue weighted by molar-refractivity contribution is 5.75. The van der Waals surface area contributed by atoms with Gasteiger partial charge in [-0.2, -0.15) is 0 Å². The quantitative estimate of drug-likeness (QED) is 0.632. The zero-order valence-electron chi connectivity index (χ0n) is 6.90. The fourth-order valence-corrected chi connectivity index (χ4v) is 1.32. The van der Waals surface area contributed by atoms with Crippen LogP contribution in [0.3, 0.4) is 0 Å². The van der Waals surface area contributed by atoms with Crippen LogP contribution in [0, 0.1) is 5.92 Å². The lowest BCUT2D eigenvalue weighted by Gasteiger charge is -2.12. The van der Waals surface area contributed by atoms with Gasteiger partial charge in [-0.05, 0) is 18.8 Å². The summed E-state index contributed by atoms with van der Waals surface area (Å²) in [5.74, 6) is 0.605. The van der Waals surface area contributed by atoms with Crippen LogP contribution in [-0.2, 0) is 9.63 Å². The van der Waals surface area contributed by atoms with E-state index in [-0.39, 0.29) is 12.5 Å². The topological polar surface area (TPSA) is 49.8 Å². The number of β-amino-alcohol motifs (C(OH)–C–C–N with tert-alkyl or cyclic N) is 1. The Hall–Kier alpha value is -0.610. The molecule has 1 saturated heterocycles. The summed E-state index contributed by atoms with van der Waals surface area (Å²) in [5.41, 5.74) is 0. The third-order valence-electron chi connectivity index (χ3n) is 2.24. The minimum absolute atomic E-state index is 0.0223. The highest BCUT2D eigenvalue weighted by atomic mass is 16.7. The Morgan fingerprint density at radius 3 is 2.83 bits per heavy atom. The molecule has 0 aromatic rings. The molecule has 0 spiro atoms. The molecule has 2 aliphatic rings. The molecule has 4 heteroatoms. The summed E-state index contributed by atoms with van der Waals surface area (Å²) in [7, 11) is 0. The third kappa shape index (κ3) is 1.76. The Balaban J connectivity index is 1.79. The molecule has 1 atom stereocenters. The SMILES string of the molecule is O=C(CC1CC1)N1C[C@H](O)CO1. The fraction of sp³-hybridized carbons (Fsp3) is 0.875. The van der Waals surface area contributed by atoms with Crippen molar-refractivity contribution in [2.75, 3.05) is 13.2 Å². The van der Waals surface area contributed by atoms with Gasteiger partial charge in [0.25, 0.3) is 0 Å². The molecule has 1 N–H and O–H groups in total. The lowest BCUT2D eigenvalue weighted by Crippen LogP contribution is -2.28. The van der Waals surface area contributed by atoms with E-state index in [1.165, 1.54) is 17.9 Å². The number of rotatable bonds is 2. The van der Waals surface area contributed by atoms with Crippen LogP contribution in [0.25, 0.3) is 0 Å². The molecule has 0 unspecified atom stereocenters. The molecule has 1 saturated carbocycles.